The van der Waals surface area contributed by atoms with Crippen molar-refractivity contribution >= 4 is 27.5 Å². The van der Waals surface area contributed by atoms with E-state index in [0.29, 0.717) is 12.2 Å². The SMILES string of the molecule is CC[C@H](C(=O)NC)N(Cc1ccccc1C)C(=O)CN(c1cc(OC)ccc1OC)S(=O)(=O)c1ccccc1. The van der Waals surface area contributed by atoms with Crippen LogP contribution in [0, 0.1) is 6.92 Å². The fourth-order valence-corrected chi connectivity index (χ4v) is 5.72. The highest BCUT2D eigenvalue weighted by Gasteiger charge is 2.34. The third-order valence-electron chi connectivity index (χ3n) is 6.50. The van der Waals surface area contributed by atoms with E-state index in [-0.39, 0.29) is 28.8 Å². The van der Waals surface area contributed by atoms with E-state index in [9.17, 15) is 18.0 Å². The summed E-state index contributed by atoms with van der Waals surface area (Å²) in [5.74, 6) is -0.249. The largest absolute Gasteiger partial charge is 0.497 e. The molecule has 1 atom stereocenters. The van der Waals surface area contributed by atoms with E-state index in [0.717, 1.165) is 15.4 Å². The van der Waals surface area contributed by atoms with Gasteiger partial charge in [0.2, 0.25) is 11.8 Å². The van der Waals surface area contributed by atoms with E-state index in [1.807, 2.05) is 38.1 Å². The van der Waals surface area contributed by atoms with Crippen LogP contribution >= 0.6 is 0 Å². The average Bonchev–Trinajstić information content (AvgIpc) is 2.96. The number of nitrogens with zero attached hydrogens (tertiary/aromatic N) is 2. The molecule has 9 nitrogen and oxygen atoms in total. The molecule has 0 bridgehead atoms. The number of aryl methyl sites for hydroxylation is 1. The first-order chi connectivity index (χ1) is 18.7. The fourth-order valence-electron chi connectivity index (χ4n) is 4.28. The molecule has 1 N–H and O–H groups in total. The molecular formula is C29H35N3O6S. The number of likely N-dealkylation sites (N-methyl/N-ethyl adjacent to an activating group) is 1. The van der Waals surface area contributed by atoms with Crippen LogP contribution in [0.1, 0.15) is 24.5 Å². The van der Waals surface area contributed by atoms with E-state index < -0.39 is 28.5 Å². The minimum atomic E-state index is -4.23. The number of carbonyl (C=O) groups is 2. The van der Waals surface area contributed by atoms with Crippen LogP contribution in [-0.2, 0) is 26.2 Å². The highest BCUT2D eigenvalue weighted by molar-refractivity contribution is 7.92. The smallest absolute Gasteiger partial charge is 0.264 e. The second kappa shape index (κ2) is 13.1. The summed E-state index contributed by atoms with van der Waals surface area (Å²) in [7, 11) is 0.163. The molecule has 0 saturated carbocycles. The van der Waals surface area contributed by atoms with Crippen molar-refractivity contribution in [2.45, 2.75) is 37.8 Å². The van der Waals surface area contributed by atoms with Gasteiger partial charge in [-0.1, -0.05) is 49.4 Å². The summed E-state index contributed by atoms with van der Waals surface area (Å²) in [6.07, 6.45) is 0.339. The molecule has 0 aliphatic carbocycles. The molecule has 39 heavy (non-hydrogen) atoms. The second-order valence-electron chi connectivity index (χ2n) is 8.85. The lowest BCUT2D eigenvalue weighted by Gasteiger charge is -2.33. The average molecular weight is 554 g/mol. The van der Waals surface area contributed by atoms with Crippen LogP contribution in [-0.4, -0.2) is 59.0 Å². The van der Waals surface area contributed by atoms with E-state index in [1.54, 1.807) is 30.3 Å². The maximum atomic E-state index is 14.1. The lowest BCUT2D eigenvalue weighted by Crippen LogP contribution is -2.51. The summed E-state index contributed by atoms with van der Waals surface area (Å²) >= 11 is 0. The molecule has 3 rings (SSSR count). The van der Waals surface area contributed by atoms with Crippen LogP contribution in [0.3, 0.4) is 0 Å². The Morgan fingerprint density at radius 3 is 2.21 bits per heavy atom. The van der Waals surface area contributed by atoms with Gasteiger partial charge in [0.1, 0.15) is 24.1 Å². The van der Waals surface area contributed by atoms with Gasteiger partial charge in [0.25, 0.3) is 10.0 Å². The summed E-state index contributed by atoms with van der Waals surface area (Å²) in [6.45, 7) is 3.29. The number of hydrogen-bond acceptors (Lipinski definition) is 6. The number of rotatable bonds is 12. The van der Waals surface area contributed by atoms with Crippen LogP contribution in [0.15, 0.2) is 77.7 Å². The minimum absolute atomic E-state index is 0.00599. The molecule has 208 valence electrons. The summed E-state index contributed by atoms with van der Waals surface area (Å²) in [5.41, 5.74) is 1.94. The predicted octanol–water partition coefficient (Wildman–Crippen LogP) is 3.76. The van der Waals surface area contributed by atoms with Crippen LogP contribution in [0.2, 0.25) is 0 Å². The third-order valence-corrected chi connectivity index (χ3v) is 8.27. The number of sulfonamides is 1. The summed E-state index contributed by atoms with van der Waals surface area (Å²) < 4.78 is 39.8. The van der Waals surface area contributed by atoms with Crippen molar-refractivity contribution in [2.75, 3.05) is 32.1 Å². The van der Waals surface area contributed by atoms with E-state index >= 15 is 0 Å². The van der Waals surface area contributed by atoms with Crippen LogP contribution in [0.5, 0.6) is 11.5 Å². The Hall–Kier alpha value is -4.05. The lowest BCUT2D eigenvalue weighted by molar-refractivity contribution is -0.140. The van der Waals surface area contributed by atoms with Gasteiger partial charge >= 0.3 is 0 Å². The second-order valence-corrected chi connectivity index (χ2v) is 10.7. The number of benzene rings is 3. The molecule has 0 aliphatic heterocycles. The normalized spacial score (nSPS) is 11.8. The van der Waals surface area contributed by atoms with Crippen LogP contribution in [0.4, 0.5) is 5.69 Å². The van der Waals surface area contributed by atoms with Gasteiger partial charge < -0.3 is 19.7 Å². The Kier molecular flexibility index (Phi) is 9.95. The Bertz CT molecular complexity index is 1400. The van der Waals surface area contributed by atoms with Gasteiger partial charge in [0.15, 0.2) is 0 Å². The zero-order valence-corrected chi connectivity index (χ0v) is 23.7. The molecule has 0 spiro atoms. The lowest BCUT2D eigenvalue weighted by atomic mass is 10.1. The van der Waals surface area contributed by atoms with Crippen molar-refractivity contribution in [2.24, 2.45) is 0 Å². The summed E-state index contributed by atoms with van der Waals surface area (Å²) in [5, 5.41) is 2.62. The number of hydrogen-bond donors (Lipinski definition) is 1. The van der Waals surface area contributed by atoms with Crippen LogP contribution in [0.25, 0.3) is 0 Å². The van der Waals surface area contributed by atoms with Gasteiger partial charge in [0.05, 0.1) is 24.8 Å². The molecule has 3 aromatic rings. The van der Waals surface area contributed by atoms with Crippen LogP contribution < -0.4 is 19.1 Å². The number of anilines is 1. The third kappa shape index (κ3) is 6.69. The predicted molar refractivity (Wildman–Crippen MR) is 150 cm³/mol. The molecule has 0 radical (unpaired) electrons. The molecule has 0 fully saturated rings. The van der Waals surface area contributed by atoms with Crippen molar-refractivity contribution < 1.29 is 27.5 Å². The van der Waals surface area contributed by atoms with Crippen molar-refractivity contribution in [3.8, 4) is 11.5 Å². The molecule has 2 amide bonds. The van der Waals surface area contributed by atoms with Gasteiger partial charge in [0, 0.05) is 19.7 Å². The number of nitrogens with one attached hydrogen (secondary N) is 1. The first-order valence-electron chi connectivity index (χ1n) is 12.5. The van der Waals surface area contributed by atoms with Gasteiger partial charge in [-0.2, -0.15) is 0 Å². The summed E-state index contributed by atoms with van der Waals surface area (Å²) in [6, 6.07) is 19.3. The maximum absolute atomic E-state index is 14.1. The topological polar surface area (TPSA) is 105 Å². The fraction of sp³-hybridized carbons (Fsp3) is 0.310. The number of methoxy groups -OCH3 is 2. The van der Waals surface area contributed by atoms with Gasteiger partial charge in [-0.3, -0.25) is 13.9 Å². The molecule has 0 unspecified atom stereocenters. The molecule has 0 saturated heterocycles. The highest BCUT2D eigenvalue weighted by Crippen LogP contribution is 2.36. The molecule has 3 aromatic carbocycles. The quantitative estimate of drug-likeness (QED) is 0.366. The molecule has 10 heteroatoms. The highest BCUT2D eigenvalue weighted by atomic mass is 32.2. The maximum Gasteiger partial charge on any atom is 0.264 e. The Morgan fingerprint density at radius 1 is 0.949 bits per heavy atom. The minimum Gasteiger partial charge on any atom is -0.497 e. The number of carbonyl (C=O) groups excluding carboxylic acids is 2. The van der Waals surface area contributed by atoms with Crippen molar-refractivity contribution in [3.05, 3.63) is 83.9 Å². The van der Waals surface area contributed by atoms with E-state index in [4.69, 9.17) is 9.47 Å². The molecule has 0 aromatic heterocycles. The zero-order chi connectivity index (χ0) is 28.6. The molecular weight excluding hydrogens is 518 g/mol. The zero-order valence-electron chi connectivity index (χ0n) is 22.9. The van der Waals surface area contributed by atoms with Crippen molar-refractivity contribution in [1.29, 1.82) is 0 Å². The monoisotopic (exact) mass is 553 g/mol. The molecule has 0 heterocycles. The number of ether oxygens (including phenoxy) is 2. The van der Waals surface area contributed by atoms with Gasteiger partial charge in [-0.25, -0.2) is 8.42 Å². The Morgan fingerprint density at radius 2 is 1.62 bits per heavy atom. The standard InChI is InChI=1S/C29H35N3O6S/c1-6-25(29(34)30-3)31(19-22-13-11-10-12-21(22)2)28(33)20-32(39(35,36)24-14-8-7-9-15-24)26-18-23(37-4)16-17-27(26)38-5/h7-18,25H,6,19-20H2,1-5H3,(H,30,34)/t25-/m1/s1. The van der Waals surface area contributed by atoms with E-state index in [2.05, 4.69) is 5.32 Å². The first-order valence-corrected chi connectivity index (χ1v) is 14.0. The van der Waals surface area contributed by atoms with E-state index in [1.165, 1.54) is 44.4 Å². The number of amides is 2. The molecule has 0 aliphatic rings. The van der Waals surface area contributed by atoms with Gasteiger partial charge in [-0.15, -0.1) is 0 Å². The Labute approximate surface area is 230 Å². The van der Waals surface area contributed by atoms with Crippen molar-refractivity contribution in [1.82, 2.24) is 10.2 Å². The van der Waals surface area contributed by atoms with Gasteiger partial charge in [-0.05, 0) is 48.7 Å². The first kappa shape index (κ1) is 29.5. The summed E-state index contributed by atoms with van der Waals surface area (Å²) in [4.78, 5) is 28.3. The Balaban J connectivity index is 2.15. The van der Waals surface area contributed by atoms with Crippen molar-refractivity contribution in [3.63, 3.8) is 0 Å².